The van der Waals surface area contributed by atoms with Crippen molar-refractivity contribution >= 4 is 60.7 Å². The molecule has 1 aliphatic heterocycles. The minimum atomic E-state index is -0.265. The van der Waals surface area contributed by atoms with Crippen LogP contribution in [0.3, 0.4) is 0 Å². The molecule has 0 atom stereocenters. The summed E-state index contributed by atoms with van der Waals surface area (Å²) in [4.78, 5) is 23.8. The Morgan fingerprint density at radius 1 is 1.23 bits per heavy atom. The fourth-order valence-electron chi connectivity index (χ4n) is 4.10. The molecule has 3 heterocycles. The molecule has 0 unspecified atom stereocenters. The molecule has 8 heteroatoms. The lowest BCUT2D eigenvalue weighted by Crippen LogP contribution is -2.38. The molecule has 1 saturated heterocycles. The number of hydrogen-bond acceptors (Lipinski definition) is 5. The number of anilines is 2. The van der Waals surface area contributed by atoms with Crippen LogP contribution in [0, 0.1) is 18.7 Å². The van der Waals surface area contributed by atoms with E-state index in [0.29, 0.717) is 47.5 Å². The maximum Gasteiger partial charge on any atom is 0.227 e. The molecule has 0 radical (unpaired) electrons. The van der Waals surface area contributed by atoms with Gasteiger partial charge < -0.3 is 10.2 Å². The number of halogens is 2. The zero-order valence-electron chi connectivity index (χ0n) is 16.9. The van der Waals surface area contributed by atoms with Crippen LogP contribution in [0.4, 0.5) is 15.9 Å². The number of nitrogens with zero attached hydrogens (tertiary/aromatic N) is 3. The maximum atomic E-state index is 14.4. The van der Waals surface area contributed by atoms with Crippen LogP contribution in [-0.4, -0.2) is 29.0 Å². The molecule has 0 bridgehead atoms. The van der Waals surface area contributed by atoms with E-state index in [2.05, 4.69) is 20.2 Å². The Morgan fingerprint density at radius 3 is 2.81 bits per heavy atom. The third-order valence-corrected chi connectivity index (χ3v) is 7.21. The molecule has 1 aliphatic rings. The van der Waals surface area contributed by atoms with Gasteiger partial charge in [-0.3, -0.25) is 4.79 Å². The van der Waals surface area contributed by atoms with Crippen LogP contribution in [0.15, 0.2) is 42.7 Å². The monoisotopic (exact) mass is 454 g/mol. The minimum absolute atomic E-state index is 0.0119. The van der Waals surface area contributed by atoms with Crippen molar-refractivity contribution in [2.24, 2.45) is 5.92 Å². The van der Waals surface area contributed by atoms with Crippen LogP contribution in [0.5, 0.6) is 0 Å². The molecule has 0 spiro atoms. The first-order valence-electron chi connectivity index (χ1n) is 10.1. The number of aryl methyl sites for hydroxylation is 1. The van der Waals surface area contributed by atoms with Crippen LogP contribution >= 0.6 is 22.9 Å². The molecule has 158 valence electrons. The molecule has 5 nitrogen and oxygen atoms in total. The van der Waals surface area contributed by atoms with Crippen LogP contribution < -0.4 is 10.2 Å². The number of piperidine rings is 1. The van der Waals surface area contributed by atoms with Gasteiger partial charge in [0.25, 0.3) is 0 Å². The maximum absolute atomic E-state index is 14.4. The molecule has 0 aliphatic carbocycles. The Balaban J connectivity index is 1.34. The van der Waals surface area contributed by atoms with Crippen molar-refractivity contribution in [3.8, 4) is 0 Å². The van der Waals surface area contributed by atoms with Crippen molar-refractivity contribution in [1.82, 2.24) is 9.97 Å². The lowest BCUT2D eigenvalue weighted by atomic mass is 9.95. The summed E-state index contributed by atoms with van der Waals surface area (Å²) in [6, 6.07) is 10.7. The van der Waals surface area contributed by atoms with Crippen molar-refractivity contribution in [1.29, 1.82) is 0 Å². The van der Waals surface area contributed by atoms with E-state index in [4.69, 9.17) is 11.6 Å². The van der Waals surface area contributed by atoms with Gasteiger partial charge in [0, 0.05) is 23.7 Å². The van der Waals surface area contributed by atoms with Crippen molar-refractivity contribution < 1.29 is 9.18 Å². The lowest BCUT2D eigenvalue weighted by molar-refractivity contribution is -0.120. The van der Waals surface area contributed by atoms with E-state index in [1.807, 2.05) is 31.2 Å². The average molecular weight is 455 g/mol. The highest BCUT2D eigenvalue weighted by atomic mass is 35.5. The Bertz CT molecular complexity index is 1300. The van der Waals surface area contributed by atoms with E-state index < -0.39 is 0 Å². The van der Waals surface area contributed by atoms with E-state index in [-0.39, 0.29) is 17.6 Å². The van der Waals surface area contributed by atoms with Gasteiger partial charge in [-0.2, -0.15) is 0 Å². The number of benzene rings is 2. The van der Waals surface area contributed by atoms with Gasteiger partial charge in [-0.15, -0.1) is 11.3 Å². The third-order valence-electron chi connectivity index (χ3n) is 5.76. The molecule has 1 amide bonds. The fraction of sp³-hybridized carbons (Fsp3) is 0.261. The highest BCUT2D eigenvalue weighted by Gasteiger charge is 2.27. The summed E-state index contributed by atoms with van der Waals surface area (Å²) >= 11 is 7.76. The first kappa shape index (κ1) is 20.2. The van der Waals surface area contributed by atoms with Crippen LogP contribution in [0.2, 0.25) is 5.02 Å². The van der Waals surface area contributed by atoms with E-state index in [0.717, 1.165) is 20.8 Å². The minimum Gasteiger partial charge on any atom is -0.355 e. The van der Waals surface area contributed by atoms with Crippen molar-refractivity contribution in [2.45, 2.75) is 19.8 Å². The summed E-state index contributed by atoms with van der Waals surface area (Å²) in [7, 11) is 0. The van der Waals surface area contributed by atoms with Gasteiger partial charge in [-0.25, -0.2) is 14.4 Å². The van der Waals surface area contributed by atoms with E-state index in [1.54, 1.807) is 6.07 Å². The van der Waals surface area contributed by atoms with Gasteiger partial charge in [0.2, 0.25) is 5.91 Å². The number of amides is 1. The largest absolute Gasteiger partial charge is 0.355 e. The number of thiophene rings is 1. The van der Waals surface area contributed by atoms with Gasteiger partial charge in [0.1, 0.15) is 18.0 Å². The smallest absolute Gasteiger partial charge is 0.227 e. The lowest BCUT2D eigenvalue weighted by Gasteiger charge is -2.32. The average Bonchev–Trinajstić information content (AvgIpc) is 3.16. The quantitative estimate of drug-likeness (QED) is 0.425. The third kappa shape index (κ3) is 3.72. The summed E-state index contributed by atoms with van der Waals surface area (Å²) in [6.45, 7) is 3.35. The van der Waals surface area contributed by atoms with Crippen molar-refractivity contribution in [3.63, 3.8) is 0 Å². The topological polar surface area (TPSA) is 58.1 Å². The number of fused-ring (bicyclic) bond motifs is 3. The zero-order valence-corrected chi connectivity index (χ0v) is 18.4. The first-order valence-corrected chi connectivity index (χ1v) is 11.3. The number of nitrogens with one attached hydrogen (secondary N) is 1. The summed E-state index contributed by atoms with van der Waals surface area (Å²) in [5.41, 5.74) is 2.34. The second-order valence-electron chi connectivity index (χ2n) is 7.82. The van der Waals surface area contributed by atoms with E-state index in [1.165, 1.54) is 23.7 Å². The number of aromatic nitrogens is 2. The van der Waals surface area contributed by atoms with Gasteiger partial charge in [-0.1, -0.05) is 23.7 Å². The molecule has 4 aromatic rings. The van der Waals surface area contributed by atoms with Crippen molar-refractivity contribution in [2.75, 3.05) is 23.3 Å². The van der Waals surface area contributed by atoms with E-state index in [9.17, 15) is 9.18 Å². The Kier molecular flexibility index (Phi) is 5.24. The van der Waals surface area contributed by atoms with Gasteiger partial charge >= 0.3 is 0 Å². The number of carbonyl (C=O) groups is 1. The summed E-state index contributed by atoms with van der Waals surface area (Å²) in [5.74, 6) is 0.442. The second-order valence-corrected chi connectivity index (χ2v) is 9.28. The summed E-state index contributed by atoms with van der Waals surface area (Å²) < 4.78 is 16.1. The Labute approximate surface area is 187 Å². The van der Waals surface area contributed by atoms with Gasteiger partial charge in [0.05, 0.1) is 26.3 Å². The van der Waals surface area contributed by atoms with Crippen molar-refractivity contribution in [3.05, 3.63) is 59.1 Å². The molecular weight excluding hydrogens is 435 g/mol. The van der Waals surface area contributed by atoms with Crippen LogP contribution in [0.25, 0.3) is 20.3 Å². The molecule has 1 fully saturated rings. The molecule has 31 heavy (non-hydrogen) atoms. The second kappa shape index (κ2) is 8.05. The number of carbonyl (C=O) groups excluding carboxylic acids is 1. The molecule has 0 saturated carbocycles. The molecule has 1 N–H and O–H groups in total. The van der Waals surface area contributed by atoms with Crippen LogP contribution in [-0.2, 0) is 4.79 Å². The standard InChI is InChI=1S/C23H20ClFN4OS/c1-13-5-6-17(15(24)11-13)28-23(30)14-7-9-29(10-8-14)22-21-20(26-12-27-22)19-16(25)3-2-4-18(19)31-21/h2-6,11-12,14H,7-10H2,1H3,(H,28,30). The summed E-state index contributed by atoms with van der Waals surface area (Å²) in [6.07, 6.45) is 2.91. The highest BCUT2D eigenvalue weighted by molar-refractivity contribution is 7.26. The van der Waals surface area contributed by atoms with Crippen LogP contribution in [0.1, 0.15) is 18.4 Å². The molecule has 2 aromatic carbocycles. The normalized spacial score (nSPS) is 15.0. The fourth-order valence-corrected chi connectivity index (χ4v) is 5.57. The molecule has 2 aromatic heterocycles. The van der Waals surface area contributed by atoms with Gasteiger partial charge in [-0.05, 0) is 49.6 Å². The molecular formula is C23H20ClFN4OS. The predicted molar refractivity (Wildman–Crippen MR) is 125 cm³/mol. The number of hydrogen-bond donors (Lipinski definition) is 1. The zero-order chi connectivity index (χ0) is 21.5. The Hall–Kier alpha value is -2.77. The highest BCUT2D eigenvalue weighted by Crippen LogP contribution is 2.39. The predicted octanol–water partition coefficient (Wildman–Crippen LogP) is 5.80. The Morgan fingerprint density at radius 2 is 2.03 bits per heavy atom. The van der Waals surface area contributed by atoms with E-state index >= 15 is 0 Å². The summed E-state index contributed by atoms with van der Waals surface area (Å²) in [5, 5.41) is 4.06. The SMILES string of the molecule is Cc1ccc(NC(=O)C2CCN(c3ncnc4c3sc3cccc(F)c34)CC2)c(Cl)c1. The molecule has 5 rings (SSSR count). The first-order chi connectivity index (χ1) is 15.0. The number of rotatable bonds is 3. The van der Waals surface area contributed by atoms with Gasteiger partial charge in [0.15, 0.2) is 0 Å².